The average Bonchev–Trinajstić information content (AvgIpc) is 2.79. The quantitative estimate of drug-likeness (QED) is 0.223. The second-order valence-electron chi connectivity index (χ2n) is 10.9. The van der Waals surface area contributed by atoms with Gasteiger partial charge in [-0.15, -0.1) is 0 Å². The van der Waals surface area contributed by atoms with Gasteiger partial charge in [0, 0.05) is 11.6 Å². The van der Waals surface area contributed by atoms with Crippen LogP contribution in [0.4, 0.5) is 0 Å². The maximum absolute atomic E-state index is 2.52. The first-order valence-electron chi connectivity index (χ1n) is 12.1. The van der Waals surface area contributed by atoms with Crippen LogP contribution in [0.25, 0.3) is 22.0 Å². The number of pyridine rings is 1. The fourth-order valence-electron chi connectivity index (χ4n) is 4.93. The predicted octanol–water partition coefficient (Wildman–Crippen LogP) is 7.20. The number of benzene rings is 3. The molecule has 0 aliphatic carbocycles. The fraction of sp³-hybridized carbons (Fsp3) is 0.323. The largest absolute Gasteiger partial charge is 0.220 e. The van der Waals surface area contributed by atoms with Crippen molar-refractivity contribution >= 4 is 24.0 Å². The molecule has 0 saturated carbocycles. The molecule has 0 N–H and O–H groups in total. The van der Waals surface area contributed by atoms with Gasteiger partial charge in [-0.1, -0.05) is 101 Å². The summed E-state index contributed by atoms with van der Waals surface area (Å²) in [6.07, 6.45) is 2.22. The van der Waals surface area contributed by atoms with Crippen LogP contribution < -0.4 is 9.75 Å². The number of hydrogen-bond acceptors (Lipinski definition) is 0. The first-order valence-corrected chi connectivity index (χ1v) is 15.1. The third kappa shape index (κ3) is 4.06. The van der Waals surface area contributed by atoms with Crippen LogP contribution in [-0.2, 0) is 12.1 Å². The molecule has 1 aromatic heterocycles. The SMILES string of the molecule is Cc1ccc(C(C)C)cc1-c1c2ccc([Si](C)(C)C(C)(C)c3ccccc3)cc2cc[n+]1C. The van der Waals surface area contributed by atoms with Gasteiger partial charge in [0.15, 0.2) is 6.20 Å². The topological polar surface area (TPSA) is 3.88 Å². The molecule has 0 radical (unpaired) electrons. The zero-order valence-corrected chi connectivity index (χ0v) is 22.5. The van der Waals surface area contributed by atoms with Crippen molar-refractivity contribution in [1.82, 2.24) is 0 Å². The lowest BCUT2D eigenvalue weighted by atomic mass is 9.94. The molecular formula is C31H38NSi+. The second kappa shape index (κ2) is 8.57. The highest BCUT2D eigenvalue weighted by atomic mass is 28.3. The van der Waals surface area contributed by atoms with Crippen LogP contribution in [-0.4, -0.2) is 8.07 Å². The summed E-state index contributed by atoms with van der Waals surface area (Å²) < 4.78 is 2.28. The van der Waals surface area contributed by atoms with Crippen molar-refractivity contribution in [2.75, 3.05) is 0 Å². The van der Waals surface area contributed by atoms with Crippen LogP contribution in [0.15, 0.2) is 79.0 Å². The van der Waals surface area contributed by atoms with Gasteiger partial charge in [0.05, 0.1) is 13.5 Å². The Labute approximate surface area is 201 Å². The van der Waals surface area contributed by atoms with Crippen molar-refractivity contribution in [3.05, 3.63) is 95.7 Å². The van der Waals surface area contributed by atoms with E-state index >= 15 is 0 Å². The number of rotatable bonds is 5. The summed E-state index contributed by atoms with van der Waals surface area (Å²) in [6, 6.07) is 27.5. The molecule has 33 heavy (non-hydrogen) atoms. The Morgan fingerprint density at radius 3 is 2.21 bits per heavy atom. The third-order valence-electron chi connectivity index (χ3n) is 8.10. The maximum Gasteiger partial charge on any atom is 0.220 e. The van der Waals surface area contributed by atoms with Gasteiger partial charge in [0.2, 0.25) is 5.69 Å². The Morgan fingerprint density at radius 2 is 1.55 bits per heavy atom. The van der Waals surface area contributed by atoms with Gasteiger partial charge in [-0.05, 0) is 52.1 Å². The molecule has 1 heterocycles. The van der Waals surface area contributed by atoms with Gasteiger partial charge in [0.1, 0.15) is 7.05 Å². The Hall–Kier alpha value is -2.71. The van der Waals surface area contributed by atoms with Crippen LogP contribution >= 0.6 is 0 Å². The van der Waals surface area contributed by atoms with Crippen molar-refractivity contribution in [2.24, 2.45) is 7.05 Å². The van der Waals surface area contributed by atoms with E-state index in [1.54, 1.807) is 0 Å². The minimum Gasteiger partial charge on any atom is -0.200 e. The molecule has 0 amide bonds. The highest BCUT2D eigenvalue weighted by Gasteiger charge is 2.41. The van der Waals surface area contributed by atoms with Gasteiger partial charge < -0.3 is 0 Å². The normalized spacial score (nSPS) is 12.5. The summed E-state index contributed by atoms with van der Waals surface area (Å²) in [4.78, 5) is 0. The van der Waals surface area contributed by atoms with Crippen LogP contribution in [0.1, 0.15) is 50.3 Å². The lowest BCUT2D eigenvalue weighted by molar-refractivity contribution is -0.659. The molecule has 170 valence electrons. The van der Waals surface area contributed by atoms with E-state index in [0.29, 0.717) is 5.92 Å². The summed E-state index contributed by atoms with van der Waals surface area (Å²) in [7, 11) is 0.351. The highest BCUT2D eigenvalue weighted by Crippen LogP contribution is 2.35. The molecule has 4 rings (SSSR count). The van der Waals surface area contributed by atoms with Crippen molar-refractivity contribution < 1.29 is 4.57 Å². The van der Waals surface area contributed by atoms with E-state index in [-0.39, 0.29) is 5.04 Å². The first-order chi connectivity index (χ1) is 15.5. The Morgan fingerprint density at radius 1 is 0.848 bits per heavy atom. The lowest BCUT2D eigenvalue weighted by Crippen LogP contribution is -2.57. The second-order valence-corrected chi connectivity index (χ2v) is 16.0. The first kappa shape index (κ1) is 23.4. The fourth-order valence-corrected chi connectivity index (χ4v) is 7.55. The molecule has 0 aliphatic rings. The van der Waals surface area contributed by atoms with E-state index in [2.05, 4.69) is 138 Å². The Bertz CT molecular complexity index is 1300. The van der Waals surface area contributed by atoms with Crippen molar-refractivity contribution in [2.45, 2.75) is 58.7 Å². The van der Waals surface area contributed by atoms with Gasteiger partial charge in [-0.3, -0.25) is 0 Å². The zero-order chi connectivity index (χ0) is 24.0. The molecule has 0 spiro atoms. The van der Waals surface area contributed by atoms with E-state index < -0.39 is 8.07 Å². The Kier molecular flexibility index (Phi) is 6.09. The van der Waals surface area contributed by atoms with Crippen molar-refractivity contribution in [3.8, 4) is 11.3 Å². The molecule has 1 nitrogen and oxygen atoms in total. The maximum atomic E-state index is 2.52. The van der Waals surface area contributed by atoms with E-state index in [1.807, 2.05) is 0 Å². The standard InChI is InChI=1S/C31H38NSi/c1-22(2)24-15-14-23(3)29(21-24)30-28-17-16-27(20-25(28)18-19-32(30)6)33(7,8)31(4,5)26-12-10-9-11-13-26/h9-22H,1-8H3/q+1. The van der Waals surface area contributed by atoms with Crippen LogP contribution in [0.3, 0.4) is 0 Å². The predicted molar refractivity (Wildman–Crippen MR) is 146 cm³/mol. The van der Waals surface area contributed by atoms with E-state index in [4.69, 9.17) is 0 Å². The summed E-state index contributed by atoms with van der Waals surface area (Å²) in [5.74, 6) is 0.517. The molecular weight excluding hydrogens is 414 g/mol. The third-order valence-corrected chi connectivity index (χ3v) is 13.3. The van der Waals surface area contributed by atoms with Crippen molar-refractivity contribution in [1.29, 1.82) is 0 Å². The van der Waals surface area contributed by atoms with Crippen LogP contribution in [0.2, 0.25) is 13.1 Å². The van der Waals surface area contributed by atoms with E-state index in [9.17, 15) is 0 Å². The van der Waals surface area contributed by atoms with Crippen molar-refractivity contribution in [3.63, 3.8) is 0 Å². The minimum absolute atomic E-state index is 0.131. The highest BCUT2D eigenvalue weighted by molar-refractivity contribution is 6.92. The average molecular weight is 453 g/mol. The summed E-state index contributed by atoms with van der Waals surface area (Å²) in [6.45, 7) is 16.6. The molecule has 0 fully saturated rings. The molecule has 0 unspecified atom stereocenters. The van der Waals surface area contributed by atoms with Crippen LogP contribution in [0.5, 0.6) is 0 Å². The summed E-state index contributed by atoms with van der Waals surface area (Å²) in [5, 5.41) is 4.30. The molecule has 4 aromatic rings. The monoisotopic (exact) mass is 452 g/mol. The molecule has 0 bridgehead atoms. The molecule has 0 atom stereocenters. The van der Waals surface area contributed by atoms with Gasteiger partial charge >= 0.3 is 0 Å². The number of aryl methyl sites for hydroxylation is 2. The molecule has 0 saturated heterocycles. The molecule has 3 aromatic carbocycles. The van der Waals surface area contributed by atoms with Gasteiger partial charge in [-0.25, -0.2) is 4.57 Å². The van der Waals surface area contributed by atoms with Gasteiger partial charge in [-0.2, -0.15) is 0 Å². The van der Waals surface area contributed by atoms with Crippen LogP contribution in [0, 0.1) is 6.92 Å². The number of fused-ring (bicyclic) bond motifs is 1. The van der Waals surface area contributed by atoms with Gasteiger partial charge in [0.25, 0.3) is 0 Å². The zero-order valence-electron chi connectivity index (χ0n) is 21.5. The Balaban J connectivity index is 1.88. The van der Waals surface area contributed by atoms with E-state index in [1.165, 1.54) is 43.9 Å². The number of hydrogen-bond donors (Lipinski definition) is 0. The molecule has 0 aliphatic heterocycles. The molecule has 2 heteroatoms. The van der Waals surface area contributed by atoms with E-state index in [0.717, 1.165) is 0 Å². The minimum atomic E-state index is -1.82. The number of nitrogens with zero attached hydrogens (tertiary/aromatic N) is 1. The summed E-state index contributed by atoms with van der Waals surface area (Å²) >= 11 is 0. The number of aromatic nitrogens is 1. The smallest absolute Gasteiger partial charge is 0.200 e. The summed E-state index contributed by atoms with van der Waals surface area (Å²) in [5.41, 5.74) is 6.79. The lowest BCUT2D eigenvalue weighted by Gasteiger charge is -2.41.